The number of carbonyl (C=O) groups excluding carboxylic acids is 1. The Morgan fingerprint density at radius 2 is 2.21 bits per heavy atom. The number of rotatable bonds is 5. The number of carbonyl (C=O) groups is 1. The molecule has 1 fully saturated rings. The van der Waals surface area contributed by atoms with E-state index in [0.29, 0.717) is 29.1 Å². The largest absolute Gasteiger partial charge is 0.465 e. The van der Waals surface area contributed by atoms with Crippen LogP contribution in [0.3, 0.4) is 0 Å². The van der Waals surface area contributed by atoms with Gasteiger partial charge in [0.15, 0.2) is 0 Å². The third kappa shape index (κ3) is 4.68. The average molecular weight is 411 g/mol. The van der Waals surface area contributed by atoms with Gasteiger partial charge in [0, 0.05) is 18.7 Å². The SMILES string of the molecule is Cc1nc(Nc2nnc(C)s2)cc([C@@H]2CCCCN2C(=O)/C=C/c2ccco2)n1. The third-order valence-electron chi connectivity index (χ3n) is 4.68. The minimum Gasteiger partial charge on any atom is -0.465 e. The molecule has 1 amide bonds. The predicted molar refractivity (Wildman–Crippen MR) is 111 cm³/mol. The van der Waals surface area contributed by atoms with Crippen LogP contribution in [-0.4, -0.2) is 37.5 Å². The molecule has 3 aromatic heterocycles. The Labute approximate surface area is 172 Å². The number of likely N-dealkylation sites (tertiary alicyclic amines) is 1. The quantitative estimate of drug-likeness (QED) is 0.634. The highest BCUT2D eigenvalue weighted by atomic mass is 32.1. The number of nitrogens with zero attached hydrogens (tertiary/aromatic N) is 5. The lowest BCUT2D eigenvalue weighted by Gasteiger charge is -2.35. The van der Waals surface area contributed by atoms with E-state index in [1.54, 1.807) is 24.5 Å². The van der Waals surface area contributed by atoms with Crippen LogP contribution in [0, 0.1) is 13.8 Å². The maximum atomic E-state index is 12.9. The van der Waals surface area contributed by atoms with E-state index < -0.39 is 0 Å². The van der Waals surface area contributed by atoms with Gasteiger partial charge in [-0.2, -0.15) is 0 Å². The van der Waals surface area contributed by atoms with Crippen molar-refractivity contribution < 1.29 is 9.21 Å². The first-order chi connectivity index (χ1) is 14.1. The molecule has 0 radical (unpaired) electrons. The molecule has 0 aromatic carbocycles. The number of aromatic nitrogens is 4. The number of nitrogens with one attached hydrogen (secondary N) is 1. The summed E-state index contributed by atoms with van der Waals surface area (Å²) >= 11 is 1.46. The van der Waals surface area contributed by atoms with Gasteiger partial charge in [-0.05, 0) is 51.3 Å². The van der Waals surface area contributed by atoms with Crippen molar-refractivity contribution in [2.75, 3.05) is 11.9 Å². The summed E-state index contributed by atoms with van der Waals surface area (Å²) in [5.41, 5.74) is 0.834. The van der Waals surface area contributed by atoms with Crippen molar-refractivity contribution >= 4 is 34.3 Å². The fourth-order valence-electron chi connectivity index (χ4n) is 3.42. The second-order valence-electron chi connectivity index (χ2n) is 6.87. The third-order valence-corrected chi connectivity index (χ3v) is 5.43. The monoisotopic (exact) mass is 410 g/mol. The van der Waals surface area contributed by atoms with Crippen LogP contribution in [0.1, 0.15) is 47.6 Å². The maximum Gasteiger partial charge on any atom is 0.247 e. The van der Waals surface area contributed by atoms with Gasteiger partial charge in [0.2, 0.25) is 11.0 Å². The molecule has 9 heteroatoms. The lowest BCUT2D eigenvalue weighted by atomic mass is 9.98. The summed E-state index contributed by atoms with van der Waals surface area (Å²) in [5.74, 6) is 1.92. The van der Waals surface area contributed by atoms with Crippen molar-refractivity contribution in [1.82, 2.24) is 25.1 Å². The predicted octanol–water partition coefficient (Wildman–Crippen LogP) is 4.05. The highest BCUT2D eigenvalue weighted by Gasteiger charge is 2.28. The fraction of sp³-hybridized carbons (Fsp3) is 0.350. The molecule has 1 atom stereocenters. The minimum atomic E-state index is -0.0871. The molecule has 29 heavy (non-hydrogen) atoms. The Morgan fingerprint density at radius 1 is 1.31 bits per heavy atom. The molecule has 4 heterocycles. The van der Waals surface area contributed by atoms with E-state index in [2.05, 4.69) is 25.5 Å². The lowest BCUT2D eigenvalue weighted by molar-refractivity contribution is -0.129. The fourth-order valence-corrected chi connectivity index (χ4v) is 4.02. The van der Waals surface area contributed by atoms with Crippen molar-refractivity contribution in [3.05, 3.63) is 52.8 Å². The Hall–Kier alpha value is -3.07. The van der Waals surface area contributed by atoms with E-state index in [1.165, 1.54) is 11.3 Å². The van der Waals surface area contributed by atoms with Crippen molar-refractivity contribution in [3.8, 4) is 0 Å². The van der Waals surface area contributed by atoms with Gasteiger partial charge in [-0.3, -0.25) is 4.79 Å². The molecule has 1 aliphatic heterocycles. The number of amides is 1. The summed E-state index contributed by atoms with van der Waals surface area (Å²) in [6.45, 7) is 4.46. The van der Waals surface area contributed by atoms with Crippen molar-refractivity contribution in [2.24, 2.45) is 0 Å². The molecule has 4 rings (SSSR count). The topological polar surface area (TPSA) is 97.0 Å². The standard InChI is InChI=1S/C20H22N6O2S/c1-13-21-16(12-18(22-13)23-20-25-24-14(2)29-20)17-7-3-4-10-26(17)19(27)9-8-15-6-5-11-28-15/h5-6,8-9,11-12,17H,3-4,7,10H2,1-2H3,(H,21,22,23,25)/b9-8+/t17-/m0/s1. The van der Waals surface area contributed by atoms with Gasteiger partial charge in [-0.15, -0.1) is 10.2 Å². The molecule has 1 N–H and O–H groups in total. The summed E-state index contributed by atoms with van der Waals surface area (Å²) in [7, 11) is 0. The Balaban J connectivity index is 1.56. The number of hydrogen-bond acceptors (Lipinski definition) is 8. The van der Waals surface area contributed by atoms with E-state index >= 15 is 0 Å². The molecule has 0 bridgehead atoms. The zero-order chi connectivity index (χ0) is 20.2. The zero-order valence-corrected chi connectivity index (χ0v) is 17.1. The zero-order valence-electron chi connectivity index (χ0n) is 16.3. The highest BCUT2D eigenvalue weighted by Crippen LogP contribution is 2.31. The summed E-state index contributed by atoms with van der Waals surface area (Å²) < 4.78 is 5.28. The number of hydrogen-bond donors (Lipinski definition) is 1. The van der Waals surface area contributed by atoms with Crippen LogP contribution in [0.2, 0.25) is 0 Å². The van der Waals surface area contributed by atoms with Crippen LogP contribution in [0.25, 0.3) is 6.08 Å². The van der Waals surface area contributed by atoms with Gasteiger partial charge in [0.05, 0.1) is 18.0 Å². The van der Waals surface area contributed by atoms with E-state index in [-0.39, 0.29) is 11.9 Å². The van der Waals surface area contributed by atoms with Crippen LogP contribution in [0.5, 0.6) is 0 Å². The number of anilines is 2. The number of furan rings is 1. The second kappa shape index (κ2) is 8.52. The molecule has 0 unspecified atom stereocenters. The number of piperidine rings is 1. The Morgan fingerprint density at radius 3 is 2.97 bits per heavy atom. The van der Waals surface area contributed by atoms with Gasteiger partial charge >= 0.3 is 0 Å². The molecule has 1 aliphatic rings. The van der Waals surface area contributed by atoms with E-state index in [4.69, 9.17) is 4.42 Å². The van der Waals surface area contributed by atoms with Gasteiger partial charge in [0.25, 0.3) is 0 Å². The Bertz CT molecular complexity index is 1010. The molecule has 1 saturated heterocycles. The first kappa shape index (κ1) is 19.3. The molecule has 150 valence electrons. The van der Waals surface area contributed by atoms with Gasteiger partial charge in [-0.25, -0.2) is 9.97 Å². The molecule has 0 spiro atoms. The van der Waals surface area contributed by atoms with Crippen LogP contribution in [0.4, 0.5) is 10.9 Å². The van der Waals surface area contributed by atoms with Crippen LogP contribution < -0.4 is 5.32 Å². The summed E-state index contributed by atoms with van der Waals surface area (Å²) in [4.78, 5) is 23.8. The van der Waals surface area contributed by atoms with E-state index in [1.807, 2.05) is 30.9 Å². The first-order valence-corrected chi connectivity index (χ1v) is 10.3. The minimum absolute atomic E-state index is 0.0448. The van der Waals surface area contributed by atoms with Crippen molar-refractivity contribution in [2.45, 2.75) is 39.2 Å². The lowest BCUT2D eigenvalue weighted by Crippen LogP contribution is -2.38. The molecule has 0 aliphatic carbocycles. The normalized spacial score (nSPS) is 17.0. The van der Waals surface area contributed by atoms with Crippen LogP contribution in [0.15, 0.2) is 35.0 Å². The summed E-state index contributed by atoms with van der Waals surface area (Å²) in [5, 5.41) is 12.9. The van der Waals surface area contributed by atoms with Gasteiger partial charge in [-0.1, -0.05) is 11.3 Å². The Kier molecular flexibility index (Phi) is 5.66. The summed E-state index contributed by atoms with van der Waals surface area (Å²) in [6, 6.07) is 5.43. The van der Waals surface area contributed by atoms with Crippen molar-refractivity contribution in [3.63, 3.8) is 0 Å². The van der Waals surface area contributed by atoms with Crippen molar-refractivity contribution in [1.29, 1.82) is 0 Å². The first-order valence-electron chi connectivity index (χ1n) is 9.53. The molecular formula is C20H22N6O2S. The van der Waals surface area contributed by atoms with E-state index in [9.17, 15) is 4.79 Å². The number of aryl methyl sites for hydroxylation is 2. The van der Waals surface area contributed by atoms with Gasteiger partial charge < -0.3 is 14.6 Å². The average Bonchev–Trinajstić information content (AvgIpc) is 3.37. The second-order valence-corrected chi connectivity index (χ2v) is 8.05. The van der Waals surface area contributed by atoms with E-state index in [0.717, 1.165) is 30.0 Å². The van der Waals surface area contributed by atoms with Crippen LogP contribution >= 0.6 is 11.3 Å². The molecular weight excluding hydrogens is 388 g/mol. The molecule has 0 saturated carbocycles. The van der Waals surface area contributed by atoms with Gasteiger partial charge in [0.1, 0.15) is 22.4 Å². The molecule has 3 aromatic rings. The highest BCUT2D eigenvalue weighted by molar-refractivity contribution is 7.15. The maximum absolute atomic E-state index is 12.9. The van der Waals surface area contributed by atoms with Crippen LogP contribution in [-0.2, 0) is 4.79 Å². The smallest absolute Gasteiger partial charge is 0.247 e. The molecule has 8 nitrogen and oxygen atoms in total. The summed E-state index contributed by atoms with van der Waals surface area (Å²) in [6.07, 6.45) is 7.76.